The van der Waals surface area contributed by atoms with Crippen LogP contribution in [0.5, 0.6) is 0 Å². The highest BCUT2D eigenvalue weighted by atomic mass is 16.4. The second kappa shape index (κ2) is 4.34. The molecule has 82 valence electrons. The SMILES string of the molecule is Cc1ccc(N(C)C(C)C(=O)O)cc1C. The van der Waals surface area contributed by atoms with E-state index in [1.54, 1.807) is 18.9 Å². The predicted molar refractivity (Wildman–Crippen MR) is 61.4 cm³/mol. The van der Waals surface area contributed by atoms with Gasteiger partial charge in [-0.1, -0.05) is 6.07 Å². The Labute approximate surface area is 90.3 Å². The Morgan fingerprint density at radius 2 is 1.93 bits per heavy atom. The van der Waals surface area contributed by atoms with Crippen molar-refractivity contribution in [3.63, 3.8) is 0 Å². The largest absolute Gasteiger partial charge is 0.480 e. The Morgan fingerprint density at radius 1 is 1.33 bits per heavy atom. The van der Waals surface area contributed by atoms with Crippen LogP contribution >= 0.6 is 0 Å². The van der Waals surface area contributed by atoms with Crippen LogP contribution in [-0.2, 0) is 4.79 Å². The summed E-state index contributed by atoms with van der Waals surface area (Å²) in [6.45, 7) is 5.75. The molecule has 1 N–H and O–H groups in total. The van der Waals surface area contributed by atoms with E-state index >= 15 is 0 Å². The van der Waals surface area contributed by atoms with Gasteiger partial charge in [0.2, 0.25) is 0 Å². The molecule has 0 aliphatic heterocycles. The minimum Gasteiger partial charge on any atom is -0.480 e. The lowest BCUT2D eigenvalue weighted by atomic mass is 10.1. The van der Waals surface area contributed by atoms with Gasteiger partial charge in [-0.2, -0.15) is 0 Å². The summed E-state index contributed by atoms with van der Waals surface area (Å²) >= 11 is 0. The lowest BCUT2D eigenvalue weighted by molar-refractivity contribution is -0.138. The summed E-state index contributed by atoms with van der Waals surface area (Å²) in [6, 6.07) is 5.46. The first-order valence-electron chi connectivity index (χ1n) is 4.96. The van der Waals surface area contributed by atoms with E-state index in [0.29, 0.717) is 0 Å². The number of likely N-dealkylation sites (N-methyl/N-ethyl adjacent to an activating group) is 1. The molecule has 0 heterocycles. The van der Waals surface area contributed by atoms with Crippen molar-refractivity contribution in [1.82, 2.24) is 0 Å². The van der Waals surface area contributed by atoms with Gasteiger partial charge in [-0.3, -0.25) is 0 Å². The third kappa shape index (κ3) is 2.49. The molecule has 0 saturated carbocycles. The van der Waals surface area contributed by atoms with Crippen molar-refractivity contribution >= 4 is 11.7 Å². The van der Waals surface area contributed by atoms with E-state index in [2.05, 4.69) is 0 Å². The monoisotopic (exact) mass is 207 g/mol. The van der Waals surface area contributed by atoms with Crippen LogP contribution in [0.4, 0.5) is 5.69 Å². The molecule has 0 spiro atoms. The number of carboxylic acids is 1. The molecule has 1 aromatic rings. The molecule has 1 rings (SSSR count). The molecule has 1 unspecified atom stereocenters. The van der Waals surface area contributed by atoms with Crippen molar-refractivity contribution in [2.75, 3.05) is 11.9 Å². The maximum absolute atomic E-state index is 10.8. The highest BCUT2D eigenvalue weighted by Gasteiger charge is 2.17. The molecule has 3 heteroatoms. The van der Waals surface area contributed by atoms with Crippen molar-refractivity contribution in [2.45, 2.75) is 26.8 Å². The molecule has 0 bridgehead atoms. The van der Waals surface area contributed by atoms with Gasteiger partial charge in [-0.05, 0) is 44.0 Å². The summed E-state index contributed by atoms with van der Waals surface area (Å²) in [5.74, 6) is -0.810. The van der Waals surface area contributed by atoms with E-state index in [1.807, 2.05) is 32.0 Å². The molecule has 15 heavy (non-hydrogen) atoms. The molecule has 3 nitrogen and oxygen atoms in total. The van der Waals surface area contributed by atoms with Crippen LogP contribution in [0, 0.1) is 13.8 Å². The number of benzene rings is 1. The van der Waals surface area contributed by atoms with E-state index in [-0.39, 0.29) is 0 Å². The molecule has 0 aliphatic rings. The number of hydrogen-bond donors (Lipinski definition) is 1. The van der Waals surface area contributed by atoms with Crippen molar-refractivity contribution in [3.05, 3.63) is 29.3 Å². The van der Waals surface area contributed by atoms with Crippen molar-refractivity contribution in [1.29, 1.82) is 0 Å². The number of rotatable bonds is 3. The number of hydrogen-bond acceptors (Lipinski definition) is 2. The maximum Gasteiger partial charge on any atom is 0.326 e. The Kier molecular flexibility index (Phi) is 3.35. The van der Waals surface area contributed by atoms with Gasteiger partial charge in [0.25, 0.3) is 0 Å². The fraction of sp³-hybridized carbons (Fsp3) is 0.417. The second-order valence-corrected chi connectivity index (χ2v) is 3.89. The summed E-state index contributed by atoms with van der Waals surface area (Å²) in [6.07, 6.45) is 0. The summed E-state index contributed by atoms with van der Waals surface area (Å²) < 4.78 is 0. The molecule has 0 aromatic heterocycles. The number of aryl methyl sites for hydroxylation is 2. The van der Waals surface area contributed by atoms with Gasteiger partial charge in [0.05, 0.1) is 0 Å². The summed E-state index contributed by atoms with van der Waals surface area (Å²) in [5.41, 5.74) is 3.33. The highest BCUT2D eigenvalue weighted by Crippen LogP contribution is 2.19. The molecule has 0 amide bonds. The standard InChI is InChI=1S/C12H17NO2/c1-8-5-6-11(7-9(8)2)13(4)10(3)12(14)15/h5-7,10H,1-4H3,(H,14,15). The van der Waals surface area contributed by atoms with E-state index in [4.69, 9.17) is 5.11 Å². The molecule has 1 aromatic carbocycles. The average molecular weight is 207 g/mol. The van der Waals surface area contributed by atoms with Crippen LogP contribution in [-0.4, -0.2) is 24.2 Å². The summed E-state index contributed by atoms with van der Waals surface area (Å²) in [4.78, 5) is 12.6. The van der Waals surface area contributed by atoms with E-state index in [0.717, 1.165) is 5.69 Å². The maximum atomic E-state index is 10.8. The molecule has 0 saturated heterocycles. The Balaban J connectivity index is 2.96. The van der Waals surface area contributed by atoms with Gasteiger partial charge in [0, 0.05) is 12.7 Å². The number of anilines is 1. The summed E-state index contributed by atoms with van der Waals surface area (Å²) in [7, 11) is 1.79. The lowest BCUT2D eigenvalue weighted by Gasteiger charge is -2.24. The van der Waals surface area contributed by atoms with Crippen LogP contribution in [0.1, 0.15) is 18.1 Å². The van der Waals surface area contributed by atoms with Crippen LogP contribution in [0.2, 0.25) is 0 Å². The highest BCUT2D eigenvalue weighted by molar-refractivity contribution is 5.77. The average Bonchev–Trinajstić information content (AvgIpc) is 2.19. The minimum absolute atomic E-state index is 0.507. The second-order valence-electron chi connectivity index (χ2n) is 3.89. The van der Waals surface area contributed by atoms with E-state index < -0.39 is 12.0 Å². The Hall–Kier alpha value is -1.51. The zero-order valence-electron chi connectivity index (χ0n) is 9.61. The van der Waals surface area contributed by atoms with Crippen LogP contribution in [0.3, 0.4) is 0 Å². The van der Waals surface area contributed by atoms with Crippen molar-refractivity contribution < 1.29 is 9.90 Å². The fourth-order valence-corrected chi connectivity index (χ4v) is 1.33. The predicted octanol–water partition coefficient (Wildman–Crippen LogP) is 2.21. The number of carbonyl (C=O) groups is 1. The van der Waals surface area contributed by atoms with Crippen LogP contribution in [0.15, 0.2) is 18.2 Å². The number of aliphatic carboxylic acids is 1. The quantitative estimate of drug-likeness (QED) is 0.826. The Bertz CT molecular complexity index is 374. The van der Waals surface area contributed by atoms with Gasteiger partial charge >= 0.3 is 5.97 Å². The summed E-state index contributed by atoms with van der Waals surface area (Å²) in [5, 5.41) is 8.90. The zero-order chi connectivity index (χ0) is 11.6. The minimum atomic E-state index is -0.810. The molecule has 1 atom stereocenters. The van der Waals surface area contributed by atoms with Gasteiger partial charge in [-0.25, -0.2) is 4.79 Å². The molecular formula is C12H17NO2. The van der Waals surface area contributed by atoms with E-state index in [1.165, 1.54) is 11.1 Å². The van der Waals surface area contributed by atoms with Crippen molar-refractivity contribution in [3.8, 4) is 0 Å². The van der Waals surface area contributed by atoms with E-state index in [9.17, 15) is 4.79 Å². The van der Waals surface area contributed by atoms with Gasteiger partial charge in [0.1, 0.15) is 6.04 Å². The van der Waals surface area contributed by atoms with Gasteiger partial charge in [-0.15, -0.1) is 0 Å². The van der Waals surface area contributed by atoms with Gasteiger partial charge < -0.3 is 10.0 Å². The first-order chi connectivity index (χ1) is 6.93. The zero-order valence-corrected chi connectivity index (χ0v) is 9.61. The number of nitrogens with zero attached hydrogens (tertiary/aromatic N) is 1. The fourth-order valence-electron chi connectivity index (χ4n) is 1.33. The van der Waals surface area contributed by atoms with Gasteiger partial charge in [0.15, 0.2) is 0 Å². The first kappa shape index (κ1) is 11.6. The van der Waals surface area contributed by atoms with Crippen molar-refractivity contribution in [2.24, 2.45) is 0 Å². The third-order valence-corrected chi connectivity index (χ3v) is 2.84. The normalized spacial score (nSPS) is 12.3. The van der Waals surface area contributed by atoms with Crippen LogP contribution in [0.25, 0.3) is 0 Å². The third-order valence-electron chi connectivity index (χ3n) is 2.84. The first-order valence-corrected chi connectivity index (χ1v) is 4.96. The molecule has 0 fully saturated rings. The Morgan fingerprint density at radius 3 is 2.40 bits per heavy atom. The lowest BCUT2D eigenvalue weighted by Crippen LogP contribution is -2.35. The smallest absolute Gasteiger partial charge is 0.326 e. The van der Waals surface area contributed by atoms with Crippen LogP contribution < -0.4 is 4.90 Å². The molecular weight excluding hydrogens is 190 g/mol. The molecule has 0 aliphatic carbocycles. The topological polar surface area (TPSA) is 40.5 Å². The number of carboxylic acid groups (broad SMARTS) is 1. The molecule has 0 radical (unpaired) electrons.